The second-order valence-electron chi connectivity index (χ2n) is 6.11. The second kappa shape index (κ2) is 8.45. The van der Waals surface area contributed by atoms with Crippen LogP contribution in [0.25, 0.3) is 0 Å². The Morgan fingerprint density at radius 2 is 1.79 bits per heavy atom. The number of benzene rings is 1. The summed E-state index contributed by atoms with van der Waals surface area (Å²) in [6.45, 7) is 5.22. The number of pyridine rings is 1. The number of nitrogens with one attached hydrogen (secondary N) is 2. The number of aryl methyl sites for hydroxylation is 2. The fraction of sp³-hybridized carbons (Fsp3) is 0.368. The fourth-order valence-corrected chi connectivity index (χ4v) is 2.68. The van der Waals surface area contributed by atoms with E-state index in [-0.39, 0.29) is 11.9 Å². The molecule has 5 nitrogen and oxygen atoms in total. The van der Waals surface area contributed by atoms with Crippen molar-refractivity contribution in [2.24, 2.45) is 0 Å². The topological polar surface area (TPSA) is 57.3 Å². The molecule has 1 aromatic heterocycles. The van der Waals surface area contributed by atoms with Gasteiger partial charge in [0.05, 0.1) is 0 Å². The highest BCUT2D eigenvalue weighted by molar-refractivity contribution is 5.83. The van der Waals surface area contributed by atoms with Crippen molar-refractivity contribution < 1.29 is 4.79 Å². The summed E-state index contributed by atoms with van der Waals surface area (Å²) in [7, 11) is 3.85. The molecule has 5 heteroatoms. The van der Waals surface area contributed by atoms with Gasteiger partial charge in [-0.1, -0.05) is 30.3 Å². The van der Waals surface area contributed by atoms with Gasteiger partial charge in [-0.3, -0.25) is 9.69 Å². The van der Waals surface area contributed by atoms with Crippen molar-refractivity contribution in [3.63, 3.8) is 0 Å². The van der Waals surface area contributed by atoms with Crippen LogP contribution in [0.2, 0.25) is 0 Å². The summed E-state index contributed by atoms with van der Waals surface area (Å²) in [5, 5.41) is 6.26. The number of likely N-dealkylation sites (N-methyl/N-ethyl adjacent to an activating group) is 1. The zero-order chi connectivity index (χ0) is 17.5. The molecule has 1 amide bonds. The number of nitrogens with zero attached hydrogens (tertiary/aromatic N) is 2. The summed E-state index contributed by atoms with van der Waals surface area (Å²) in [6.07, 6.45) is 1.76. The fourth-order valence-electron chi connectivity index (χ4n) is 2.68. The van der Waals surface area contributed by atoms with E-state index in [0.717, 1.165) is 22.5 Å². The van der Waals surface area contributed by atoms with Crippen LogP contribution < -0.4 is 10.6 Å². The van der Waals surface area contributed by atoms with E-state index in [9.17, 15) is 4.79 Å². The zero-order valence-electron chi connectivity index (χ0n) is 14.8. The molecule has 0 saturated carbocycles. The summed E-state index contributed by atoms with van der Waals surface area (Å²) in [6, 6.07) is 11.6. The molecule has 1 aromatic carbocycles. The molecule has 0 fully saturated rings. The summed E-state index contributed by atoms with van der Waals surface area (Å²) in [4.78, 5) is 18.8. The number of amides is 1. The van der Waals surface area contributed by atoms with Crippen molar-refractivity contribution in [3.05, 3.63) is 59.3 Å². The summed E-state index contributed by atoms with van der Waals surface area (Å²) in [5.41, 5.74) is 3.25. The van der Waals surface area contributed by atoms with Crippen LogP contribution >= 0.6 is 0 Å². The minimum absolute atomic E-state index is 0.00819. The monoisotopic (exact) mass is 326 g/mol. The number of hydrogen-bond donors (Lipinski definition) is 2. The van der Waals surface area contributed by atoms with Crippen molar-refractivity contribution in [1.82, 2.24) is 15.2 Å². The Bertz CT molecular complexity index is 685. The van der Waals surface area contributed by atoms with Crippen molar-refractivity contribution in [1.29, 1.82) is 0 Å². The molecule has 2 rings (SSSR count). The van der Waals surface area contributed by atoms with Gasteiger partial charge in [0, 0.05) is 19.3 Å². The van der Waals surface area contributed by atoms with Crippen LogP contribution in [0.4, 0.5) is 5.82 Å². The molecule has 0 spiro atoms. The molecule has 1 atom stereocenters. The Balaban J connectivity index is 1.92. The van der Waals surface area contributed by atoms with Gasteiger partial charge in [0.2, 0.25) is 5.91 Å². The lowest BCUT2D eigenvalue weighted by atomic mass is 10.00. The number of carbonyl (C=O) groups excluding carboxylic acids is 1. The molecule has 128 valence electrons. The molecule has 2 N–H and O–H groups in total. The third-order valence-corrected chi connectivity index (χ3v) is 3.97. The molecular formula is C19H26N4O. The van der Waals surface area contributed by atoms with E-state index < -0.39 is 0 Å². The third kappa shape index (κ3) is 4.55. The number of carbonyl (C=O) groups is 1. The maximum atomic E-state index is 12.6. The molecule has 0 radical (unpaired) electrons. The largest absolute Gasteiger partial charge is 0.368 e. The molecule has 2 aromatic rings. The first-order chi connectivity index (χ1) is 11.5. The molecule has 24 heavy (non-hydrogen) atoms. The lowest BCUT2D eigenvalue weighted by Crippen LogP contribution is -2.39. The highest BCUT2D eigenvalue weighted by atomic mass is 16.2. The Hall–Kier alpha value is -2.40. The van der Waals surface area contributed by atoms with Gasteiger partial charge in [0.25, 0.3) is 0 Å². The van der Waals surface area contributed by atoms with Crippen molar-refractivity contribution >= 4 is 11.7 Å². The van der Waals surface area contributed by atoms with E-state index in [0.29, 0.717) is 13.1 Å². The number of aromatic nitrogens is 1. The third-order valence-electron chi connectivity index (χ3n) is 3.97. The van der Waals surface area contributed by atoms with Gasteiger partial charge in [0.1, 0.15) is 11.9 Å². The molecule has 0 aliphatic heterocycles. The SMILES string of the molecule is Cc1ccccc1C(C(=O)NCCNc1ncccc1C)N(C)C. The van der Waals surface area contributed by atoms with Crippen LogP contribution in [0, 0.1) is 13.8 Å². The van der Waals surface area contributed by atoms with Gasteiger partial charge in [-0.2, -0.15) is 0 Å². The Morgan fingerprint density at radius 1 is 1.08 bits per heavy atom. The van der Waals surface area contributed by atoms with Crippen molar-refractivity contribution in [2.75, 3.05) is 32.5 Å². The van der Waals surface area contributed by atoms with Gasteiger partial charge in [0.15, 0.2) is 0 Å². The van der Waals surface area contributed by atoms with Crippen LogP contribution in [-0.4, -0.2) is 43.0 Å². The van der Waals surface area contributed by atoms with E-state index in [1.54, 1.807) is 6.20 Å². The van der Waals surface area contributed by atoms with Crippen molar-refractivity contribution in [2.45, 2.75) is 19.9 Å². The highest BCUT2D eigenvalue weighted by Gasteiger charge is 2.23. The quantitative estimate of drug-likeness (QED) is 0.768. The Kier molecular flexibility index (Phi) is 6.32. The number of anilines is 1. The highest BCUT2D eigenvalue weighted by Crippen LogP contribution is 2.21. The minimum Gasteiger partial charge on any atom is -0.368 e. The average molecular weight is 326 g/mol. The first kappa shape index (κ1) is 17.9. The number of hydrogen-bond acceptors (Lipinski definition) is 4. The van der Waals surface area contributed by atoms with E-state index >= 15 is 0 Å². The minimum atomic E-state index is -0.289. The van der Waals surface area contributed by atoms with Gasteiger partial charge in [-0.15, -0.1) is 0 Å². The summed E-state index contributed by atoms with van der Waals surface area (Å²) >= 11 is 0. The zero-order valence-corrected chi connectivity index (χ0v) is 14.8. The Labute approximate surface area is 144 Å². The lowest BCUT2D eigenvalue weighted by molar-refractivity contribution is -0.125. The van der Waals surface area contributed by atoms with E-state index in [4.69, 9.17) is 0 Å². The van der Waals surface area contributed by atoms with Crippen LogP contribution in [0.15, 0.2) is 42.6 Å². The Morgan fingerprint density at radius 3 is 2.46 bits per heavy atom. The average Bonchev–Trinajstić information content (AvgIpc) is 2.55. The molecular weight excluding hydrogens is 300 g/mol. The van der Waals surface area contributed by atoms with Crippen LogP contribution in [0.3, 0.4) is 0 Å². The first-order valence-corrected chi connectivity index (χ1v) is 8.16. The molecule has 0 aliphatic rings. The maximum absolute atomic E-state index is 12.6. The van der Waals surface area contributed by atoms with Gasteiger partial charge < -0.3 is 10.6 Å². The smallest absolute Gasteiger partial charge is 0.242 e. The lowest BCUT2D eigenvalue weighted by Gasteiger charge is -2.25. The van der Waals surface area contributed by atoms with Gasteiger partial charge in [-0.05, 0) is 50.7 Å². The summed E-state index contributed by atoms with van der Waals surface area (Å²) < 4.78 is 0. The standard InChI is InChI=1S/C19H26N4O/c1-14-8-5-6-10-16(14)17(23(3)4)19(24)22-13-12-21-18-15(2)9-7-11-20-18/h5-11,17H,12-13H2,1-4H3,(H,20,21)(H,22,24). The number of rotatable bonds is 7. The molecule has 1 unspecified atom stereocenters. The molecule has 0 aliphatic carbocycles. The molecule has 0 saturated heterocycles. The molecule has 1 heterocycles. The van der Waals surface area contributed by atoms with Gasteiger partial charge in [-0.25, -0.2) is 4.98 Å². The van der Waals surface area contributed by atoms with Crippen LogP contribution in [0.1, 0.15) is 22.7 Å². The second-order valence-corrected chi connectivity index (χ2v) is 6.11. The molecule has 0 bridgehead atoms. The van der Waals surface area contributed by atoms with E-state index in [1.165, 1.54) is 0 Å². The van der Waals surface area contributed by atoms with Crippen LogP contribution in [-0.2, 0) is 4.79 Å². The maximum Gasteiger partial charge on any atom is 0.242 e. The normalized spacial score (nSPS) is 12.0. The van der Waals surface area contributed by atoms with E-state index in [2.05, 4.69) is 15.6 Å². The first-order valence-electron chi connectivity index (χ1n) is 8.16. The van der Waals surface area contributed by atoms with E-state index in [1.807, 2.05) is 69.2 Å². The predicted octanol–water partition coefficient (Wildman–Crippen LogP) is 2.53. The van der Waals surface area contributed by atoms with Crippen molar-refractivity contribution in [3.8, 4) is 0 Å². The predicted molar refractivity (Wildman–Crippen MR) is 98.1 cm³/mol. The summed E-state index contributed by atoms with van der Waals surface area (Å²) in [5.74, 6) is 0.864. The van der Waals surface area contributed by atoms with Gasteiger partial charge >= 0.3 is 0 Å². The van der Waals surface area contributed by atoms with Crippen LogP contribution in [0.5, 0.6) is 0 Å².